The number of benzene rings is 3. The Morgan fingerprint density at radius 1 is 0.915 bits per heavy atom. The van der Waals surface area contributed by atoms with Crippen LogP contribution >= 0.6 is 0 Å². The highest BCUT2D eigenvalue weighted by Crippen LogP contribution is 2.39. The van der Waals surface area contributed by atoms with Crippen LogP contribution in [0.3, 0.4) is 0 Å². The second-order valence-electron chi connectivity index (χ2n) is 13.2. The van der Waals surface area contributed by atoms with Gasteiger partial charge in [-0.15, -0.1) is 0 Å². The predicted octanol–water partition coefficient (Wildman–Crippen LogP) is 2.11. The first-order chi connectivity index (χ1) is 22.1. The van der Waals surface area contributed by atoms with Gasteiger partial charge >= 0.3 is 5.97 Å². The van der Waals surface area contributed by atoms with E-state index in [-0.39, 0.29) is 24.0 Å². The van der Waals surface area contributed by atoms with Crippen LogP contribution in [0.25, 0.3) is 10.8 Å². The number of carbonyl (C=O) groups excluding carboxylic acids is 4. The summed E-state index contributed by atoms with van der Waals surface area (Å²) < 4.78 is 0. The molecule has 8 N–H and O–H groups in total. The van der Waals surface area contributed by atoms with Gasteiger partial charge in [0, 0.05) is 17.5 Å². The normalized spacial score (nSPS) is 18.6. The molecule has 1 aliphatic heterocycles. The highest BCUT2D eigenvalue weighted by Gasteiger charge is 2.51. The zero-order valence-electron chi connectivity index (χ0n) is 26.9. The first-order valence-corrected chi connectivity index (χ1v) is 15.6. The van der Waals surface area contributed by atoms with E-state index in [0.717, 1.165) is 5.56 Å². The van der Waals surface area contributed by atoms with Crippen LogP contribution < -0.4 is 22.1 Å². The monoisotopic (exact) mass is 645 g/mol. The number of primary amides is 2. The second-order valence-corrected chi connectivity index (χ2v) is 13.2. The summed E-state index contributed by atoms with van der Waals surface area (Å²) in [6.45, 7) is 6.56. The minimum atomic E-state index is -1.38. The fourth-order valence-corrected chi connectivity index (χ4v) is 6.52. The van der Waals surface area contributed by atoms with Gasteiger partial charge in [-0.2, -0.15) is 0 Å². The number of likely N-dealkylation sites (tertiary alicyclic amines) is 1. The van der Waals surface area contributed by atoms with Gasteiger partial charge in [0.1, 0.15) is 11.6 Å². The molecule has 0 aliphatic carbocycles. The molecule has 0 bridgehead atoms. The number of aromatic carboxylic acids is 1. The number of carbonyl (C=O) groups is 5. The summed E-state index contributed by atoms with van der Waals surface area (Å²) in [5, 5.41) is 27.6. The van der Waals surface area contributed by atoms with Crippen molar-refractivity contribution in [2.45, 2.75) is 82.1 Å². The van der Waals surface area contributed by atoms with E-state index in [1.54, 1.807) is 18.2 Å². The number of aliphatic hydroxyl groups is 1. The zero-order valence-corrected chi connectivity index (χ0v) is 26.9. The number of aliphatic hydroxyl groups excluding tert-OH is 1. The molecule has 1 aliphatic rings. The van der Waals surface area contributed by atoms with E-state index < -0.39 is 65.3 Å². The number of nitrogens with one attached hydrogen (secondary N) is 2. The lowest BCUT2D eigenvalue weighted by molar-refractivity contribution is -0.135. The van der Waals surface area contributed by atoms with Crippen LogP contribution in [-0.4, -0.2) is 80.5 Å². The fraction of sp³-hybridized carbons (Fsp3) is 0.400. The molecule has 4 amide bonds. The molecule has 3 aromatic carbocycles. The van der Waals surface area contributed by atoms with Crippen molar-refractivity contribution in [3.63, 3.8) is 0 Å². The molecule has 47 heavy (non-hydrogen) atoms. The van der Waals surface area contributed by atoms with Gasteiger partial charge in [0.25, 0.3) is 5.91 Å². The number of nitrogens with zero attached hydrogens (tertiary/aromatic N) is 1. The summed E-state index contributed by atoms with van der Waals surface area (Å²) in [4.78, 5) is 65.4. The standard InChI is InChI=1S/C35H43N5O7/c1-34(2,3)40-15-7-14-35(40,33(37)47)20-28(41)26(16-21-8-5-4-6-9-21)38-31(44)27(19-29(36)42)39-30(43)24-12-10-23-18-25(32(45)46)13-11-22(23)17-24/h4-6,8-13,17-18,26-28,41H,7,14-16,19-20H2,1-3H3,(H2,36,42)(H2,37,47)(H,38,44)(H,39,43)(H,45,46)/t26-,27-,28+,35+/m0/s1. The maximum absolute atomic E-state index is 13.7. The number of amides is 4. The van der Waals surface area contributed by atoms with E-state index >= 15 is 0 Å². The third-order valence-corrected chi connectivity index (χ3v) is 8.77. The molecule has 1 heterocycles. The quantitative estimate of drug-likeness (QED) is 0.162. The summed E-state index contributed by atoms with van der Waals surface area (Å²) in [6.07, 6.45) is -0.416. The SMILES string of the molecule is CC(C)(C)N1CCC[C@@]1(C[C@@H](O)[C@H](Cc1ccccc1)NC(=O)[C@H](CC(N)=O)NC(=O)c1ccc2cc(C(=O)O)ccc2c1)C(N)=O. The Kier molecular flexibility index (Phi) is 10.7. The summed E-state index contributed by atoms with van der Waals surface area (Å²) >= 11 is 0. The third kappa shape index (κ3) is 8.32. The molecular weight excluding hydrogens is 602 g/mol. The van der Waals surface area contributed by atoms with Crippen molar-refractivity contribution in [2.75, 3.05) is 6.54 Å². The summed E-state index contributed by atoms with van der Waals surface area (Å²) in [5.41, 5.74) is 11.0. The molecule has 1 saturated heterocycles. The molecule has 0 saturated carbocycles. The van der Waals surface area contributed by atoms with Crippen LogP contribution in [0.5, 0.6) is 0 Å². The van der Waals surface area contributed by atoms with Gasteiger partial charge in [0.2, 0.25) is 17.7 Å². The largest absolute Gasteiger partial charge is 0.478 e. The maximum atomic E-state index is 13.7. The van der Waals surface area contributed by atoms with E-state index in [4.69, 9.17) is 11.5 Å². The Labute approximate surface area is 273 Å². The van der Waals surface area contributed by atoms with Crippen molar-refractivity contribution < 1.29 is 34.2 Å². The molecule has 4 atom stereocenters. The molecule has 1 fully saturated rings. The summed E-state index contributed by atoms with van der Waals surface area (Å²) in [5.74, 6) is -3.86. The molecule has 3 aromatic rings. The smallest absolute Gasteiger partial charge is 0.335 e. The van der Waals surface area contributed by atoms with Gasteiger partial charge in [-0.05, 0) is 87.2 Å². The van der Waals surface area contributed by atoms with Crippen molar-refractivity contribution in [3.05, 3.63) is 83.4 Å². The molecule has 0 aromatic heterocycles. The van der Waals surface area contributed by atoms with Crippen LogP contribution in [0.4, 0.5) is 0 Å². The number of hydrogen-bond donors (Lipinski definition) is 6. The van der Waals surface area contributed by atoms with Gasteiger partial charge in [-0.3, -0.25) is 24.1 Å². The van der Waals surface area contributed by atoms with Crippen molar-refractivity contribution >= 4 is 40.4 Å². The minimum absolute atomic E-state index is 0.0368. The topological polar surface area (TPSA) is 205 Å². The van der Waals surface area contributed by atoms with Crippen molar-refractivity contribution in [1.82, 2.24) is 15.5 Å². The van der Waals surface area contributed by atoms with Gasteiger partial charge in [0.05, 0.1) is 24.1 Å². The number of carboxylic acid groups (broad SMARTS) is 1. The number of hydrogen-bond acceptors (Lipinski definition) is 7. The lowest BCUT2D eigenvalue weighted by Crippen LogP contribution is -2.63. The first kappa shape index (κ1) is 35.1. The highest BCUT2D eigenvalue weighted by atomic mass is 16.4. The van der Waals surface area contributed by atoms with E-state index in [9.17, 15) is 34.2 Å². The average molecular weight is 646 g/mol. The Bertz CT molecular complexity index is 1660. The van der Waals surface area contributed by atoms with Gasteiger partial charge in [0.15, 0.2) is 0 Å². The van der Waals surface area contributed by atoms with Crippen LogP contribution in [-0.2, 0) is 20.8 Å². The van der Waals surface area contributed by atoms with Crippen LogP contribution in [0, 0.1) is 0 Å². The van der Waals surface area contributed by atoms with E-state index in [2.05, 4.69) is 10.6 Å². The molecule has 250 valence electrons. The average Bonchev–Trinajstić information content (AvgIpc) is 3.46. The predicted molar refractivity (Wildman–Crippen MR) is 176 cm³/mol. The highest BCUT2D eigenvalue weighted by molar-refractivity contribution is 6.02. The van der Waals surface area contributed by atoms with Crippen molar-refractivity contribution in [2.24, 2.45) is 11.5 Å². The van der Waals surface area contributed by atoms with Gasteiger partial charge in [-0.25, -0.2) is 4.79 Å². The van der Waals surface area contributed by atoms with Gasteiger partial charge < -0.3 is 32.3 Å². The minimum Gasteiger partial charge on any atom is -0.478 e. The molecule has 0 radical (unpaired) electrons. The molecule has 0 spiro atoms. The van der Waals surface area contributed by atoms with E-state index in [1.807, 2.05) is 56.0 Å². The van der Waals surface area contributed by atoms with Crippen LogP contribution in [0.1, 0.15) is 72.7 Å². The third-order valence-electron chi connectivity index (χ3n) is 8.77. The number of rotatable bonds is 13. The first-order valence-electron chi connectivity index (χ1n) is 15.6. The molecule has 0 unspecified atom stereocenters. The second kappa shape index (κ2) is 14.3. The maximum Gasteiger partial charge on any atom is 0.335 e. The number of fused-ring (bicyclic) bond motifs is 1. The fourth-order valence-electron chi connectivity index (χ4n) is 6.52. The Hall–Kier alpha value is -4.81. The lowest BCUT2D eigenvalue weighted by atomic mass is 9.82. The summed E-state index contributed by atoms with van der Waals surface area (Å²) in [6, 6.07) is 16.0. The number of nitrogens with two attached hydrogens (primary N) is 2. The Morgan fingerprint density at radius 2 is 1.53 bits per heavy atom. The molecule has 12 heteroatoms. The van der Waals surface area contributed by atoms with Crippen molar-refractivity contribution in [1.29, 1.82) is 0 Å². The molecule has 12 nitrogen and oxygen atoms in total. The molecular formula is C35H43N5O7. The zero-order chi connectivity index (χ0) is 34.5. The van der Waals surface area contributed by atoms with Gasteiger partial charge in [-0.1, -0.05) is 42.5 Å². The van der Waals surface area contributed by atoms with Crippen LogP contribution in [0.15, 0.2) is 66.7 Å². The van der Waals surface area contributed by atoms with Crippen molar-refractivity contribution in [3.8, 4) is 0 Å². The van der Waals surface area contributed by atoms with E-state index in [1.165, 1.54) is 18.2 Å². The number of carboxylic acids is 1. The Balaban J connectivity index is 1.59. The molecule has 4 rings (SSSR count). The Morgan fingerprint density at radius 3 is 2.11 bits per heavy atom. The van der Waals surface area contributed by atoms with Crippen LogP contribution in [0.2, 0.25) is 0 Å². The lowest BCUT2D eigenvalue weighted by Gasteiger charge is -2.46. The summed E-state index contributed by atoms with van der Waals surface area (Å²) in [7, 11) is 0. The van der Waals surface area contributed by atoms with E-state index in [0.29, 0.717) is 30.2 Å².